The van der Waals surface area contributed by atoms with Crippen LogP contribution in [0.3, 0.4) is 0 Å². The zero-order valence-corrected chi connectivity index (χ0v) is 20.7. The maximum Gasteiger partial charge on any atom is 0.254 e. The zero-order valence-electron chi connectivity index (χ0n) is 20.7. The Labute approximate surface area is 207 Å². The number of aliphatic hydroxyl groups is 1. The number of rotatable bonds is 5. The van der Waals surface area contributed by atoms with Crippen molar-refractivity contribution in [3.05, 3.63) is 82.2 Å². The molecule has 6 nitrogen and oxygen atoms in total. The highest BCUT2D eigenvalue weighted by Gasteiger charge is 2.26. The molecule has 1 aromatic heterocycles. The Bertz CT molecular complexity index is 1180. The maximum atomic E-state index is 13.4. The molecule has 1 atom stereocenters. The van der Waals surface area contributed by atoms with Crippen LogP contribution in [-0.2, 0) is 13.1 Å². The summed E-state index contributed by atoms with van der Waals surface area (Å²) in [6, 6.07) is 15.9. The second kappa shape index (κ2) is 10.2. The number of aliphatic hydroxyl groups excluding tert-OH is 1. The molecule has 1 saturated carbocycles. The van der Waals surface area contributed by atoms with Gasteiger partial charge < -0.3 is 14.7 Å². The first kappa shape index (κ1) is 23.6. The molecule has 2 aliphatic rings. The Hall–Kier alpha value is -3.12. The van der Waals surface area contributed by atoms with Crippen molar-refractivity contribution in [2.75, 3.05) is 13.2 Å². The second-order valence-electron chi connectivity index (χ2n) is 10.1. The Kier molecular flexibility index (Phi) is 6.91. The van der Waals surface area contributed by atoms with Crippen LogP contribution in [0.2, 0.25) is 0 Å². The lowest BCUT2D eigenvalue weighted by atomic mass is 9.82. The van der Waals surface area contributed by atoms with Crippen molar-refractivity contribution < 1.29 is 14.6 Å². The van der Waals surface area contributed by atoms with Gasteiger partial charge in [0.1, 0.15) is 12.4 Å². The van der Waals surface area contributed by atoms with Gasteiger partial charge in [-0.15, -0.1) is 0 Å². The molecule has 6 heteroatoms. The van der Waals surface area contributed by atoms with Gasteiger partial charge in [0, 0.05) is 23.4 Å². The van der Waals surface area contributed by atoms with Crippen LogP contribution in [0.25, 0.3) is 0 Å². The lowest BCUT2D eigenvalue weighted by molar-refractivity contribution is 0.0733. The highest BCUT2D eigenvalue weighted by Crippen LogP contribution is 2.36. The van der Waals surface area contributed by atoms with Crippen LogP contribution in [0.4, 0.5) is 0 Å². The number of benzene rings is 2. The molecule has 1 N–H and O–H groups in total. The van der Waals surface area contributed by atoms with Gasteiger partial charge in [0.15, 0.2) is 0 Å². The molecule has 0 saturated heterocycles. The van der Waals surface area contributed by atoms with Gasteiger partial charge >= 0.3 is 0 Å². The maximum absolute atomic E-state index is 13.4. The molecule has 35 heavy (non-hydrogen) atoms. The second-order valence-corrected chi connectivity index (χ2v) is 10.1. The number of nitrogens with zero attached hydrogens (tertiary/aromatic N) is 3. The van der Waals surface area contributed by atoms with Gasteiger partial charge in [-0.05, 0) is 74.1 Å². The molecule has 0 bridgehead atoms. The van der Waals surface area contributed by atoms with Gasteiger partial charge in [-0.25, -0.2) is 0 Å². The average molecular weight is 474 g/mol. The third-order valence-corrected chi connectivity index (χ3v) is 7.43. The number of aryl methyl sites for hydroxylation is 2. The average Bonchev–Trinajstić information content (AvgIpc) is 3.06. The SMILES string of the molecule is Cc1cc(C)n(Cc2ccc(C(=O)N3CCOc4ccc(C(O)C5CCCCC5)cc4C3)cc2)n1. The number of hydrogen-bond donors (Lipinski definition) is 1. The van der Waals surface area contributed by atoms with Crippen LogP contribution in [0.15, 0.2) is 48.5 Å². The van der Waals surface area contributed by atoms with E-state index < -0.39 is 6.10 Å². The predicted molar refractivity (Wildman–Crippen MR) is 135 cm³/mol. The Morgan fingerprint density at radius 3 is 2.57 bits per heavy atom. The van der Waals surface area contributed by atoms with E-state index in [0.717, 1.165) is 46.7 Å². The topological polar surface area (TPSA) is 67.6 Å². The number of carbonyl (C=O) groups is 1. The van der Waals surface area contributed by atoms with E-state index in [-0.39, 0.29) is 5.91 Å². The minimum absolute atomic E-state index is 0.00246. The molecular formula is C29H35N3O3. The van der Waals surface area contributed by atoms with Crippen LogP contribution in [0.1, 0.15) is 76.6 Å². The molecule has 1 fully saturated rings. The van der Waals surface area contributed by atoms with Crippen LogP contribution >= 0.6 is 0 Å². The Morgan fingerprint density at radius 1 is 1.09 bits per heavy atom. The predicted octanol–water partition coefficient (Wildman–Crippen LogP) is 5.20. The smallest absolute Gasteiger partial charge is 0.254 e. The van der Waals surface area contributed by atoms with Crippen molar-refractivity contribution in [2.24, 2.45) is 5.92 Å². The quantitative estimate of drug-likeness (QED) is 0.553. The zero-order chi connectivity index (χ0) is 24.4. The van der Waals surface area contributed by atoms with Crippen molar-refractivity contribution >= 4 is 5.91 Å². The minimum atomic E-state index is -0.456. The molecule has 1 aliphatic carbocycles. The minimum Gasteiger partial charge on any atom is -0.491 e. The fourth-order valence-corrected chi connectivity index (χ4v) is 5.44. The van der Waals surface area contributed by atoms with E-state index >= 15 is 0 Å². The summed E-state index contributed by atoms with van der Waals surface area (Å²) in [7, 11) is 0. The summed E-state index contributed by atoms with van der Waals surface area (Å²) < 4.78 is 7.94. The van der Waals surface area contributed by atoms with E-state index in [4.69, 9.17) is 4.74 Å². The standard InChI is InChI=1S/C29H35N3O3/c1-20-16-21(2)32(30-20)18-22-8-10-24(11-9-22)29(34)31-14-15-35-27-13-12-25(17-26(27)19-31)28(33)23-6-4-3-5-7-23/h8-13,16-17,23,28,33H,3-7,14-15,18-19H2,1-2H3. The van der Waals surface area contributed by atoms with Crippen molar-refractivity contribution in [3.63, 3.8) is 0 Å². The highest BCUT2D eigenvalue weighted by molar-refractivity contribution is 5.94. The number of amides is 1. The van der Waals surface area contributed by atoms with Gasteiger partial charge in [0.25, 0.3) is 5.91 Å². The van der Waals surface area contributed by atoms with Gasteiger partial charge in [0.2, 0.25) is 0 Å². The molecular weight excluding hydrogens is 438 g/mol. The normalized spacial score (nSPS) is 17.4. The molecule has 0 radical (unpaired) electrons. The fraction of sp³-hybridized carbons (Fsp3) is 0.448. The van der Waals surface area contributed by atoms with Crippen LogP contribution in [-0.4, -0.2) is 38.8 Å². The molecule has 0 spiro atoms. The van der Waals surface area contributed by atoms with Gasteiger partial charge in [-0.2, -0.15) is 5.10 Å². The van der Waals surface area contributed by atoms with Crippen molar-refractivity contribution in [3.8, 4) is 5.75 Å². The van der Waals surface area contributed by atoms with E-state index in [1.807, 2.05) is 59.0 Å². The van der Waals surface area contributed by atoms with Crippen LogP contribution < -0.4 is 4.74 Å². The van der Waals surface area contributed by atoms with E-state index in [1.165, 1.54) is 19.3 Å². The molecule has 1 unspecified atom stereocenters. The van der Waals surface area contributed by atoms with E-state index in [1.54, 1.807) is 0 Å². The van der Waals surface area contributed by atoms with Gasteiger partial charge in [-0.3, -0.25) is 9.48 Å². The third-order valence-electron chi connectivity index (χ3n) is 7.43. The number of aromatic nitrogens is 2. The highest BCUT2D eigenvalue weighted by atomic mass is 16.5. The van der Waals surface area contributed by atoms with E-state index in [2.05, 4.69) is 18.1 Å². The molecule has 1 amide bonds. The molecule has 1 aliphatic heterocycles. The fourth-order valence-electron chi connectivity index (χ4n) is 5.44. The summed E-state index contributed by atoms with van der Waals surface area (Å²) in [6.45, 7) is 6.20. The largest absolute Gasteiger partial charge is 0.491 e. The first-order valence-electron chi connectivity index (χ1n) is 12.8. The van der Waals surface area contributed by atoms with Gasteiger partial charge in [0.05, 0.1) is 24.9 Å². The molecule has 2 heterocycles. The molecule has 2 aromatic carbocycles. The lowest BCUT2D eigenvalue weighted by Crippen LogP contribution is -2.32. The third kappa shape index (κ3) is 5.27. The van der Waals surface area contributed by atoms with Crippen LogP contribution in [0.5, 0.6) is 5.75 Å². The molecule has 3 aromatic rings. The summed E-state index contributed by atoms with van der Waals surface area (Å²) in [5, 5.41) is 15.5. The summed E-state index contributed by atoms with van der Waals surface area (Å²) >= 11 is 0. The first-order chi connectivity index (χ1) is 17.0. The number of hydrogen-bond acceptors (Lipinski definition) is 4. The monoisotopic (exact) mass is 473 g/mol. The van der Waals surface area contributed by atoms with Gasteiger partial charge in [-0.1, -0.05) is 37.5 Å². The lowest BCUT2D eigenvalue weighted by Gasteiger charge is -2.27. The molecule has 184 valence electrons. The van der Waals surface area contributed by atoms with Crippen LogP contribution in [0, 0.1) is 19.8 Å². The first-order valence-corrected chi connectivity index (χ1v) is 12.8. The summed E-state index contributed by atoms with van der Waals surface area (Å²) in [6.07, 6.45) is 5.35. The summed E-state index contributed by atoms with van der Waals surface area (Å²) in [5.74, 6) is 1.12. The van der Waals surface area contributed by atoms with Crippen molar-refractivity contribution in [1.82, 2.24) is 14.7 Å². The number of carbonyl (C=O) groups excluding carboxylic acids is 1. The van der Waals surface area contributed by atoms with E-state index in [9.17, 15) is 9.90 Å². The van der Waals surface area contributed by atoms with E-state index in [0.29, 0.717) is 37.7 Å². The summed E-state index contributed by atoms with van der Waals surface area (Å²) in [4.78, 5) is 15.2. The molecule has 5 rings (SSSR count). The van der Waals surface area contributed by atoms with Crippen molar-refractivity contribution in [1.29, 1.82) is 0 Å². The Morgan fingerprint density at radius 2 is 1.86 bits per heavy atom. The number of ether oxygens (including phenoxy) is 1. The number of fused-ring (bicyclic) bond motifs is 1. The Balaban J connectivity index is 1.29. The van der Waals surface area contributed by atoms with Crippen molar-refractivity contribution in [2.45, 2.75) is 65.1 Å². The summed E-state index contributed by atoms with van der Waals surface area (Å²) in [5.41, 5.74) is 5.81.